The normalized spacial score (nSPS) is 20.6. The van der Waals surface area contributed by atoms with Crippen molar-refractivity contribution in [3.05, 3.63) is 35.9 Å². The average Bonchev–Trinajstić information content (AvgIpc) is 3.42. The van der Waals surface area contributed by atoms with Crippen molar-refractivity contribution in [1.82, 2.24) is 9.96 Å². The summed E-state index contributed by atoms with van der Waals surface area (Å²) in [4.78, 5) is 43.5. The van der Waals surface area contributed by atoms with Crippen LogP contribution >= 0.6 is 0 Å². The smallest absolute Gasteiger partial charge is 0.326 e. The summed E-state index contributed by atoms with van der Waals surface area (Å²) >= 11 is 0. The van der Waals surface area contributed by atoms with Crippen LogP contribution in [-0.2, 0) is 25.8 Å². The van der Waals surface area contributed by atoms with Gasteiger partial charge in [-0.15, -0.1) is 0 Å². The Kier molecular flexibility index (Phi) is 7.63. The summed E-state index contributed by atoms with van der Waals surface area (Å²) in [6, 6.07) is 8.76. The molecule has 3 rings (SSSR count). The molecule has 0 radical (unpaired) electrons. The monoisotopic (exact) mass is 402 g/mol. The quantitative estimate of drug-likeness (QED) is 0.480. The maximum absolute atomic E-state index is 13.2. The summed E-state index contributed by atoms with van der Waals surface area (Å²) in [7, 11) is 0. The lowest BCUT2D eigenvalue weighted by atomic mass is 9.91. The van der Waals surface area contributed by atoms with E-state index in [2.05, 4.69) is 0 Å². The van der Waals surface area contributed by atoms with Gasteiger partial charge in [0.05, 0.1) is 12.5 Å². The van der Waals surface area contributed by atoms with Gasteiger partial charge < -0.3 is 10.0 Å². The van der Waals surface area contributed by atoms with Crippen LogP contribution in [0, 0.1) is 11.8 Å². The molecule has 2 aliphatic rings. The third kappa shape index (κ3) is 5.79. The standard InChI is InChI=1S/C22H30N2O5/c25-16-23(29-15-18-9-2-1-3-10-18)14-19(13-17-7-4-5-8-17)21(26)24-12-6-11-20(24)22(27)28/h1-3,9-10,16-17,19-20H,4-8,11-15H2,(H,27,28)/t19-,20+/m1/s1. The molecule has 1 heterocycles. The maximum Gasteiger partial charge on any atom is 0.326 e. The van der Waals surface area contributed by atoms with Gasteiger partial charge >= 0.3 is 5.97 Å². The Bertz CT molecular complexity index is 690. The lowest BCUT2D eigenvalue weighted by molar-refractivity contribution is -0.184. The topological polar surface area (TPSA) is 87.2 Å². The number of benzene rings is 1. The molecule has 1 N–H and O–H groups in total. The highest BCUT2D eigenvalue weighted by atomic mass is 16.7. The van der Waals surface area contributed by atoms with Crippen LogP contribution in [0.4, 0.5) is 0 Å². The molecule has 2 fully saturated rings. The molecular weight excluding hydrogens is 372 g/mol. The molecule has 7 nitrogen and oxygen atoms in total. The van der Waals surface area contributed by atoms with Crippen molar-refractivity contribution in [1.29, 1.82) is 0 Å². The van der Waals surface area contributed by atoms with E-state index < -0.39 is 17.9 Å². The van der Waals surface area contributed by atoms with E-state index in [9.17, 15) is 19.5 Å². The van der Waals surface area contributed by atoms with E-state index in [1.807, 2.05) is 30.3 Å². The molecule has 1 aromatic carbocycles. The molecule has 1 saturated heterocycles. The number of nitrogens with zero attached hydrogens (tertiary/aromatic N) is 2. The SMILES string of the molecule is O=CN(C[C@@H](CC1CCCC1)C(=O)N1CCC[C@H]1C(=O)O)OCc1ccccc1. The van der Waals surface area contributed by atoms with Crippen LogP contribution in [0.15, 0.2) is 30.3 Å². The van der Waals surface area contributed by atoms with Gasteiger partial charge in [-0.2, -0.15) is 0 Å². The third-order valence-electron chi connectivity index (χ3n) is 6.02. The Morgan fingerprint density at radius 3 is 2.55 bits per heavy atom. The van der Waals surface area contributed by atoms with Crippen molar-refractivity contribution in [2.75, 3.05) is 13.1 Å². The lowest BCUT2D eigenvalue weighted by Gasteiger charge is -2.30. The zero-order chi connectivity index (χ0) is 20.6. The number of amides is 2. The molecule has 1 aliphatic carbocycles. The molecule has 0 spiro atoms. The molecule has 2 amide bonds. The van der Waals surface area contributed by atoms with Gasteiger partial charge in [-0.1, -0.05) is 56.0 Å². The van der Waals surface area contributed by atoms with E-state index in [-0.39, 0.29) is 19.1 Å². The van der Waals surface area contributed by atoms with Crippen molar-refractivity contribution in [2.24, 2.45) is 11.8 Å². The van der Waals surface area contributed by atoms with E-state index in [1.54, 1.807) is 0 Å². The molecule has 0 bridgehead atoms. The van der Waals surface area contributed by atoms with Gasteiger partial charge in [0, 0.05) is 6.54 Å². The number of aliphatic carboxylic acids is 1. The summed E-state index contributed by atoms with van der Waals surface area (Å²) < 4.78 is 0. The van der Waals surface area contributed by atoms with Crippen LogP contribution in [0.3, 0.4) is 0 Å². The summed E-state index contributed by atoms with van der Waals surface area (Å²) in [5, 5.41) is 10.6. The molecule has 1 saturated carbocycles. The molecule has 29 heavy (non-hydrogen) atoms. The van der Waals surface area contributed by atoms with Crippen LogP contribution in [0.25, 0.3) is 0 Å². The fourth-order valence-corrected chi connectivity index (χ4v) is 4.50. The molecule has 1 aromatic rings. The highest BCUT2D eigenvalue weighted by Crippen LogP contribution is 2.32. The van der Waals surface area contributed by atoms with E-state index in [0.717, 1.165) is 31.2 Å². The first-order valence-corrected chi connectivity index (χ1v) is 10.5. The molecule has 2 atom stereocenters. The van der Waals surface area contributed by atoms with Crippen LogP contribution < -0.4 is 0 Å². The first-order valence-electron chi connectivity index (χ1n) is 10.5. The number of carbonyl (C=O) groups excluding carboxylic acids is 2. The van der Waals surface area contributed by atoms with Crippen molar-refractivity contribution >= 4 is 18.3 Å². The van der Waals surface area contributed by atoms with Crippen LogP contribution in [0.5, 0.6) is 0 Å². The second-order valence-corrected chi connectivity index (χ2v) is 8.08. The fourth-order valence-electron chi connectivity index (χ4n) is 4.50. The largest absolute Gasteiger partial charge is 0.480 e. The minimum atomic E-state index is -0.956. The fraction of sp³-hybridized carbons (Fsp3) is 0.591. The molecule has 1 aliphatic heterocycles. The van der Waals surface area contributed by atoms with Gasteiger partial charge in [-0.05, 0) is 30.7 Å². The molecule has 0 unspecified atom stereocenters. The van der Waals surface area contributed by atoms with Crippen LogP contribution in [0.2, 0.25) is 0 Å². The first kappa shape index (κ1) is 21.3. The second-order valence-electron chi connectivity index (χ2n) is 8.08. The Morgan fingerprint density at radius 1 is 1.17 bits per heavy atom. The average molecular weight is 402 g/mol. The first-order chi connectivity index (χ1) is 14.1. The predicted octanol–water partition coefficient (Wildman–Crippen LogP) is 2.85. The third-order valence-corrected chi connectivity index (χ3v) is 6.02. The molecule has 7 heteroatoms. The Morgan fingerprint density at radius 2 is 1.90 bits per heavy atom. The van der Waals surface area contributed by atoms with Gasteiger partial charge in [-0.25, -0.2) is 9.86 Å². The number of carboxylic acid groups (broad SMARTS) is 1. The van der Waals surface area contributed by atoms with E-state index >= 15 is 0 Å². The van der Waals surface area contributed by atoms with Gasteiger partial charge in [0.1, 0.15) is 12.6 Å². The zero-order valence-corrected chi connectivity index (χ0v) is 16.7. The van der Waals surface area contributed by atoms with Crippen molar-refractivity contribution in [3.8, 4) is 0 Å². The number of hydrogen-bond acceptors (Lipinski definition) is 4. The number of carbonyl (C=O) groups is 3. The number of hydrogen-bond donors (Lipinski definition) is 1. The van der Waals surface area contributed by atoms with Gasteiger partial charge in [0.2, 0.25) is 12.3 Å². The number of rotatable bonds is 10. The highest BCUT2D eigenvalue weighted by Gasteiger charge is 2.38. The Balaban J connectivity index is 1.67. The minimum absolute atomic E-state index is 0.147. The van der Waals surface area contributed by atoms with E-state index in [4.69, 9.17) is 4.84 Å². The van der Waals surface area contributed by atoms with Gasteiger partial charge in [-0.3, -0.25) is 14.4 Å². The Hall–Kier alpha value is -2.41. The van der Waals surface area contributed by atoms with Crippen molar-refractivity contribution < 1.29 is 24.3 Å². The molecular formula is C22H30N2O5. The van der Waals surface area contributed by atoms with Crippen molar-refractivity contribution in [2.45, 2.75) is 57.6 Å². The van der Waals surface area contributed by atoms with E-state index in [1.165, 1.54) is 9.96 Å². The molecule has 158 valence electrons. The summed E-state index contributed by atoms with van der Waals surface area (Å²) in [6.45, 7) is 0.850. The molecule has 0 aromatic heterocycles. The highest BCUT2D eigenvalue weighted by molar-refractivity contribution is 5.86. The van der Waals surface area contributed by atoms with Gasteiger partial charge in [0.15, 0.2) is 0 Å². The van der Waals surface area contributed by atoms with Gasteiger partial charge in [0.25, 0.3) is 0 Å². The predicted molar refractivity (Wildman–Crippen MR) is 106 cm³/mol. The maximum atomic E-state index is 13.2. The van der Waals surface area contributed by atoms with Crippen LogP contribution in [-0.4, -0.2) is 52.5 Å². The summed E-state index contributed by atoms with van der Waals surface area (Å²) in [6.07, 6.45) is 6.94. The minimum Gasteiger partial charge on any atom is -0.480 e. The summed E-state index contributed by atoms with van der Waals surface area (Å²) in [5.41, 5.74) is 0.934. The summed E-state index contributed by atoms with van der Waals surface area (Å²) in [5.74, 6) is -1.13. The van der Waals surface area contributed by atoms with Crippen molar-refractivity contribution in [3.63, 3.8) is 0 Å². The zero-order valence-electron chi connectivity index (χ0n) is 16.7. The Labute approximate surface area is 171 Å². The second kappa shape index (κ2) is 10.4. The van der Waals surface area contributed by atoms with E-state index in [0.29, 0.717) is 38.1 Å². The number of likely N-dealkylation sites (tertiary alicyclic amines) is 1. The number of carboxylic acids is 1. The van der Waals surface area contributed by atoms with Crippen LogP contribution in [0.1, 0.15) is 50.5 Å². The lowest BCUT2D eigenvalue weighted by Crippen LogP contribution is -2.46. The number of hydroxylamine groups is 2.